The van der Waals surface area contributed by atoms with Crippen LogP contribution in [0.25, 0.3) is 5.57 Å². The number of nitrogens with two attached hydrogens (primary N) is 1. The molecule has 0 saturated heterocycles. The first kappa shape index (κ1) is 20.2. The molecule has 0 radical (unpaired) electrons. The van der Waals surface area contributed by atoms with E-state index in [0.717, 1.165) is 12.0 Å². The summed E-state index contributed by atoms with van der Waals surface area (Å²) in [6, 6.07) is 15.7. The van der Waals surface area contributed by atoms with Crippen LogP contribution in [0.1, 0.15) is 48.8 Å². The van der Waals surface area contributed by atoms with Gasteiger partial charge < -0.3 is 10.5 Å². The largest absolute Gasteiger partial charge is 0.498 e. The predicted molar refractivity (Wildman–Crippen MR) is 111 cm³/mol. The van der Waals surface area contributed by atoms with Gasteiger partial charge in [-0.15, -0.1) is 0 Å². The van der Waals surface area contributed by atoms with E-state index < -0.39 is 11.7 Å². The minimum Gasteiger partial charge on any atom is -0.498 e. The number of methoxy groups -OCH3 is 1. The third-order valence-corrected chi connectivity index (χ3v) is 5.51. The molecule has 0 heterocycles. The van der Waals surface area contributed by atoms with Crippen LogP contribution < -0.4 is 5.73 Å². The Balaban J connectivity index is 2.18. The summed E-state index contributed by atoms with van der Waals surface area (Å²) in [6.07, 6.45) is 1.48. The minimum atomic E-state index is -0.642. The minimum absolute atomic E-state index is 0.132. The van der Waals surface area contributed by atoms with E-state index in [4.69, 9.17) is 22.1 Å². The van der Waals surface area contributed by atoms with E-state index >= 15 is 4.39 Å². The number of carbonyl (C=O) groups is 1. The summed E-state index contributed by atoms with van der Waals surface area (Å²) in [5, 5.41) is 0.368. The molecule has 1 amide bonds. The first-order chi connectivity index (χ1) is 13.5. The van der Waals surface area contributed by atoms with Crippen molar-refractivity contribution >= 4 is 23.1 Å². The second kappa shape index (κ2) is 8.61. The summed E-state index contributed by atoms with van der Waals surface area (Å²) < 4.78 is 20.3. The number of allylic oxidation sites excluding steroid dienone is 3. The number of hydrogen-bond acceptors (Lipinski definition) is 2. The summed E-state index contributed by atoms with van der Waals surface area (Å²) in [7, 11) is 1.42. The highest BCUT2D eigenvalue weighted by Gasteiger charge is 2.28. The van der Waals surface area contributed by atoms with Gasteiger partial charge in [-0.1, -0.05) is 54.9 Å². The molecule has 0 bridgehead atoms. The molecule has 146 valence electrons. The maximum Gasteiger partial charge on any atom is 0.245 e. The van der Waals surface area contributed by atoms with E-state index in [0.29, 0.717) is 23.4 Å². The molecule has 2 aromatic carbocycles. The molecule has 1 aliphatic rings. The van der Waals surface area contributed by atoms with Gasteiger partial charge in [0.05, 0.1) is 7.11 Å². The number of primary amides is 1. The molecule has 0 spiro atoms. The summed E-state index contributed by atoms with van der Waals surface area (Å²) in [5.41, 5.74) is 8.56. The lowest BCUT2D eigenvalue weighted by atomic mass is 9.85. The highest BCUT2D eigenvalue weighted by molar-refractivity contribution is 6.33. The molecule has 0 saturated carbocycles. The normalized spacial score (nSPS) is 15.6. The van der Waals surface area contributed by atoms with E-state index in [9.17, 15) is 4.79 Å². The van der Waals surface area contributed by atoms with Crippen molar-refractivity contribution in [3.63, 3.8) is 0 Å². The Morgan fingerprint density at radius 2 is 1.89 bits per heavy atom. The average molecular weight is 400 g/mol. The maximum atomic E-state index is 15.2. The Hall–Kier alpha value is -2.59. The highest BCUT2D eigenvalue weighted by atomic mass is 35.5. The zero-order chi connectivity index (χ0) is 20.3. The summed E-state index contributed by atoms with van der Waals surface area (Å²) in [6.45, 7) is 2.10. The first-order valence-electron chi connectivity index (χ1n) is 9.28. The van der Waals surface area contributed by atoms with Crippen LogP contribution in [-0.2, 0) is 9.53 Å². The molecule has 1 atom stereocenters. The van der Waals surface area contributed by atoms with Gasteiger partial charge in [-0.3, -0.25) is 4.79 Å². The van der Waals surface area contributed by atoms with Crippen molar-refractivity contribution in [2.75, 3.05) is 7.11 Å². The van der Waals surface area contributed by atoms with E-state index in [1.165, 1.54) is 12.7 Å². The molecule has 1 aliphatic carbocycles. The third kappa shape index (κ3) is 3.83. The second-order valence-electron chi connectivity index (χ2n) is 6.77. The van der Waals surface area contributed by atoms with Gasteiger partial charge in [-0.2, -0.15) is 0 Å². The van der Waals surface area contributed by atoms with Crippen LogP contribution in [0.15, 0.2) is 65.7 Å². The number of halogens is 2. The van der Waals surface area contributed by atoms with Crippen LogP contribution in [0, 0.1) is 0 Å². The van der Waals surface area contributed by atoms with Gasteiger partial charge in [0, 0.05) is 34.1 Å². The van der Waals surface area contributed by atoms with Crippen molar-refractivity contribution in [3.05, 3.63) is 87.4 Å². The Morgan fingerprint density at radius 1 is 1.18 bits per heavy atom. The van der Waals surface area contributed by atoms with E-state index in [2.05, 4.69) is 19.1 Å². The molecule has 0 aromatic heterocycles. The van der Waals surface area contributed by atoms with Crippen LogP contribution in [0.4, 0.5) is 4.39 Å². The van der Waals surface area contributed by atoms with Crippen molar-refractivity contribution in [2.45, 2.75) is 32.1 Å². The first-order valence-corrected chi connectivity index (χ1v) is 9.66. The summed E-state index contributed by atoms with van der Waals surface area (Å²) in [4.78, 5) is 12.0. The fourth-order valence-corrected chi connectivity index (χ4v) is 3.98. The molecule has 2 N–H and O–H groups in total. The molecule has 28 heavy (non-hydrogen) atoms. The molecule has 0 fully saturated rings. The van der Waals surface area contributed by atoms with Gasteiger partial charge in [0.15, 0.2) is 5.83 Å². The standard InChI is InChI=1S/C23H23ClFNO2/c1-3-16(14-7-5-4-6-8-14)15-9-11-19(24)18(13-15)21-17(23(26)27)10-12-20(28-2)22(21)25/h4-9,11,13,16H,3,10,12H2,1-2H3,(H2,26,27). The zero-order valence-corrected chi connectivity index (χ0v) is 16.7. The third-order valence-electron chi connectivity index (χ3n) is 5.18. The average Bonchev–Trinajstić information content (AvgIpc) is 2.70. The monoisotopic (exact) mass is 399 g/mol. The Labute approximate surface area is 169 Å². The van der Waals surface area contributed by atoms with Crippen LogP contribution in [0.3, 0.4) is 0 Å². The number of amides is 1. The van der Waals surface area contributed by atoms with Crippen molar-refractivity contribution in [1.29, 1.82) is 0 Å². The van der Waals surface area contributed by atoms with Crippen LogP contribution in [0.2, 0.25) is 5.02 Å². The van der Waals surface area contributed by atoms with Gasteiger partial charge in [0.1, 0.15) is 5.76 Å². The SMILES string of the molecule is CCC(c1ccccc1)c1ccc(Cl)c(C2=C(C(N)=O)CCC(OC)=C2F)c1. The Kier molecular flexibility index (Phi) is 6.20. The topological polar surface area (TPSA) is 52.3 Å². The smallest absolute Gasteiger partial charge is 0.245 e. The number of hydrogen-bond donors (Lipinski definition) is 1. The summed E-state index contributed by atoms with van der Waals surface area (Å²) >= 11 is 6.43. The molecule has 3 nitrogen and oxygen atoms in total. The van der Waals surface area contributed by atoms with Crippen LogP contribution in [-0.4, -0.2) is 13.0 Å². The highest BCUT2D eigenvalue weighted by Crippen LogP contribution is 2.42. The molecule has 0 aliphatic heterocycles. The maximum absolute atomic E-state index is 15.2. The fourth-order valence-electron chi connectivity index (χ4n) is 3.76. The Morgan fingerprint density at radius 3 is 2.50 bits per heavy atom. The molecule has 5 heteroatoms. The predicted octanol–water partition coefficient (Wildman–Crippen LogP) is 5.74. The van der Waals surface area contributed by atoms with Gasteiger partial charge >= 0.3 is 0 Å². The van der Waals surface area contributed by atoms with Gasteiger partial charge in [-0.25, -0.2) is 4.39 Å². The van der Waals surface area contributed by atoms with E-state index in [1.54, 1.807) is 6.07 Å². The molecule has 3 rings (SSSR count). The van der Waals surface area contributed by atoms with E-state index in [-0.39, 0.29) is 22.8 Å². The lowest BCUT2D eigenvalue weighted by Gasteiger charge is -2.23. The lowest BCUT2D eigenvalue weighted by Crippen LogP contribution is -2.19. The zero-order valence-electron chi connectivity index (χ0n) is 16.0. The van der Waals surface area contributed by atoms with Gasteiger partial charge in [0.2, 0.25) is 5.91 Å². The fraction of sp³-hybridized carbons (Fsp3) is 0.261. The lowest BCUT2D eigenvalue weighted by molar-refractivity contribution is -0.114. The van der Waals surface area contributed by atoms with Crippen molar-refractivity contribution in [1.82, 2.24) is 0 Å². The van der Waals surface area contributed by atoms with E-state index in [1.807, 2.05) is 30.3 Å². The molecular weight excluding hydrogens is 377 g/mol. The molecular formula is C23H23ClFNO2. The quantitative estimate of drug-likeness (QED) is 0.673. The van der Waals surface area contributed by atoms with Gasteiger partial charge in [0.25, 0.3) is 0 Å². The molecule has 1 unspecified atom stereocenters. The van der Waals surface area contributed by atoms with Crippen molar-refractivity contribution in [3.8, 4) is 0 Å². The number of rotatable bonds is 6. The molecule has 2 aromatic rings. The Bertz CT molecular complexity index is 950. The van der Waals surface area contributed by atoms with Crippen LogP contribution in [0.5, 0.6) is 0 Å². The van der Waals surface area contributed by atoms with Gasteiger partial charge in [-0.05, 0) is 36.1 Å². The number of benzene rings is 2. The summed E-state index contributed by atoms with van der Waals surface area (Å²) in [5.74, 6) is -0.879. The van der Waals surface area contributed by atoms with Crippen molar-refractivity contribution < 1.29 is 13.9 Å². The van der Waals surface area contributed by atoms with Crippen LogP contribution >= 0.6 is 11.6 Å². The second-order valence-corrected chi connectivity index (χ2v) is 7.18. The van der Waals surface area contributed by atoms with Crippen molar-refractivity contribution in [2.24, 2.45) is 5.73 Å². The number of carbonyl (C=O) groups excluding carboxylic acids is 1. The number of ether oxygens (including phenoxy) is 1.